The van der Waals surface area contributed by atoms with Crippen LogP contribution in [-0.4, -0.2) is 29.3 Å². The summed E-state index contributed by atoms with van der Waals surface area (Å²) in [7, 11) is 0. The molecule has 176 valence electrons. The molecule has 1 N–H and O–H groups in total. The van der Waals surface area contributed by atoms with Crippen LogP contribution in [0.4, 0.5) is 9.18 Å². The number of halogens is 1. The topological polar surface area (TPSA) is 69.6 Å². The number of fused-ring (bicyclic) bond motifs is 2. The highest BCUT2D eigenvalue weighted by atomic mass is 19.1. The fraction of sp³-hybridized carbons (Fsp3) is 0.259. The summed E-state index contributed by atoms with van der Waals surface area (Å²) >= 11 is 0. The summed E-state index contributed by atoms with van der Waals surface area (Å²) in [6, 6.07) is 18.4. The van der Waals surface area contributed by atoms with Crippen molar-refractivity contribution in [3.63, 3.8) is 0 Å². The molecule has 4 aromatic rings. The normalized spacial score (nSPS) is 11.2. The quantitative estimate of drug-likeness (QED) is 0.353. The molecule has 0 unspecified atom stereocenters. The number of nitrogens with zero attached hydrogens (tertiary/aromatic N) is 1. The molecule has 0 saturated carbocycles. The van der Waals surface area contributed by atoms with Crippen LogP contribution in [0.25, 0.3) is 21.7 Å². The number of benzene rings is 3. The van der Waals surface area contributed by atoms with Gasteiger partial charge in [0.05, 0.1) is 12.7 Å². The van der Waals surface area contributed by atoms with Gasteiger partial charge >= 0.3 is 12.1 Å². The molecule has 0 aliphatic rings. The number of esters is 1. The SMILES string of the molecule is CCOC(=O)c1c(CNC(=O)OC(C)C)c2cc(F)ccc2n1Cc1cccc2ccccc12. The zero-order valence-corrected chi connectivity index (χ0v) is 19.4. The third-order valence-corrected chi connectivity index (χ3v) is 5.56. The van der Waals surface area contributed by atoms with Crippen molar-refractivity contribution in [2.45, 2.75) is 40.0 Å². The number of carbonyl (C=O) groups is 2. The number of ether oxygens (including phenoxy) is 2. The Balaban J connectivity index is 1.87. The summed E-state index contributed by atoms with van der Waals surface area (Å²) in [5, 5.41) is 5.36. The minimum absolute atomic E-state index is 0.0117. The Labute approximate surface area is 197 Å². The van der Waals surface area contributed by atoms with E-state index in [4.69, 9.17) is 9.47 Å². The maximum atomic E-state index is 14.3. The van der Waals surface area contributed by atoms with E-state index >= 15 is 0 Å². The Morgan fingerprint density at radius 3 is 2.56 bits per heavy atom. The van der Waals surface area contributed by atoms with Gasteiger partial charge in [0.2, 0.25) is 0 Å². The van der Waals surface area contributed by atoms with Crippen LogP contribution in [0.3, 0.4) is 0 Å². The third kappa shape index (κ3) is 4.73. The number of rotatable bonds is 7. The van der Waals surface area contributed by atoms with Crippen molar-refractivity contribution in [1.82, 2.24) is 9.88 Å². The lowest BCUT2D eigenvalue weighted by atomic mass is 10.0. The van der Waals surface area contributed by atoms with Gasteiger partial charge in [-0.05, 0) is 55.3 Å². The van der Waals surface area contributed by atoms with Crippen LogP contribution in [0.2, 0.25) is 0 Å². The molecular formula is C27H27FN2O4. The lowest BCUT2D eigenvalue weighted by Crippen LogP contribution is -2.27. The molecule has 0 aliphatic carbocycles. The number of amides is 1. The van der Waals surface area contributed by atoms with Crippen LogP contribution in [-0.2, 0) is 22.6 Å². The Kier molecular flexibility index (Phi) is 6.82. The predicted octanol–water partition coefficient (Wildman–Crippen LogP) is 5.79. The summed E-state index contributed by atoms with van der Waals surface area (Å²) in [5.41, 5.74) is 2.43. The van der Waals surface area contributed by atoms with Crippen molar-refractivity contribution in [2.75, 3.05) is 6.61 Å². The monoisotopic (exact) mass is 462 g/mol. The Morgan fingerprint density at radius 1 is 1.03 bits per heavy atom. The van der Waals surface area contributed by atoms with Crippen molar-refractivity contribution < 1.29 is 23.5 Å². The zero-order valence-electron chi connectivity index (χ0n) is 19.4. The molecule has 0 saturated heterocycles. The van der Waals surface area contributed by atoms with Crippen LogP contribution >= 0.6 is 0 Å². The molecule has 0 bridgehead atoms. The Morgan fingerprint density at radius 2 is 1.79 bits per heavy atom. The van der Waals surface area contributed by atoms with Crippen LogP contribution in [0.1, 0.15) is 42.4 Å². The number of hydrogen-bond donors (Lipinski definition) is 1. The number of hydrogen-bond acceptors (Lipinski definition) is 4. The third-order valence-electron chi connectivity index (χ3n) is 5.56. The van der Waals surface area contributed by atoms with E-state index in [1.165, 1.54) is 12.1 Å². The smallest absolute Gasteiger partial charge is 0.407 e. The summed E-state index contributed by atoms with van der Waals surface area (Å²) in [6.07, 6.45) is -0.911. The second-order valence-corrected chi connectivity index (χ2v) is 8.24. The van der Waals surface area contributed by atoms with Gasteiger partial charge in [-0.25, -0.2) is 14.0 Å². The van der Waals surface area contributed by atoms with Crippen LogP contribution < -0.4 is 5.32 Å². The average Bonchev–Trinajstić information content (AvgIpc) is 3.10. The van der Waals surface area contributed by atoms with E-state index in [-0.39, 0.29) is 24.9 Å². The van der Waals surface area contributed by atoms with E-state index in [1.54, 1.807) is 26.8 Å². The lowest BCUT2D eigenvalue weighted by molar-refractivity contribution is 0.0512. The molecule has 4 rings (SSSR count). The Bertz CT molecular complexity index is 1350. The average molecular weight is 463 g/mol. The summed E-state index contributed by atoms with van der Waals surface area (Å²) < 4.78 is 26.6. The first-order chi connectivity index (χ1) is 16.4. The van der Waals surface area contributed by atoms with Crippen molar-refractivity contribution in [2.24, 2.45) is 0 Å². The van der Waals surface area contributed by atoms with E-state index in [0.29, 0.717) is 23.0 Å². The first-order valence-corrected chi connectivity index (χ1v) is 11.3. The number of nitrogens with one attached hydrogen (secondary N) is 1. The zero-order chi connectivity index (χ0) is 24.2. The van der Waals surface area contributed by atoms with Crippen molar-refractivity contribution in [3.05, 3.63) is 83.3 Å². The molecule has 6 nitrogen and oxygen atoms in total. The molecule has 3 aromatic carbocycles. The van der Waals surface area contributed by atoms with Gasteiger partial charge in [0.15, 0.2) is 0 Å². The molecule has 0 fully saturated rings. The second kappa shape index (κ2) is 9.95. The van der Waals surface area contributed by atoms with E-state index in [1.807, 2.05) is 47.0 Å². The van der Waals surface area contributed by atoms with E-state index in [9.17, 15) is 14.0 Å². The second-order valence-electron chi connectivity index (χ2n) is 8.24. The molecule has 7 heteroatoms. The van der Waals surface area contributed by atoms with Crippen molar-refractivity contribution in [1.29, 1.82) is 0 Å². The molecule has 0 atom stereocenters. The van der Waals surface area contributed by atoms with Gasteiger partial charge < -0.3 is 19.4 Å². The van der Waals surface area contributed by atoms with Gasteiger partial charge in [-0.15, -0.1) is 0 Å². The highest BCUT2D eigenvalue weighted by Gasteiger charge is 2.25. The van der Waals surface area contributed by atoms with E-state index < -0.39 is 17.9 Å². The number of aromatic nitrogens is 1. The first-order valence-electron chi connectivity index (χ1n) is 11.3. The molecule has 0 spiro atoms. The molecule has 1 heterocycles. The fourth-order valence-corrected chi connectivity index (χ4v) is 4.19. The summed E-state index contributed by atoms with van der Waals surface area (Å²) in [4.78, 5) is 25.3. The highest BCUT2D eigenvalue weighted by Crippen LogP contribution is 2.30. The van der Waals surface area contributed by atoms with Crippen LogP contribution in [0.15, 0.2) is 60.7 Å². The molecular weight excluding hydrogens is 435 g/mol. The maximum absolute atomic E-state index is 14.3. The van der Waals surface area contributed by atoms with Gasteiger partial charge in [0.1, 0.15) is 11.5 Å². The largest absolute Gasteiger partial charge is 0.461 e. The minimum Gasteiger partial charge on any atom is -0.461 e. The number of carbonyl (C=O) groups excluding carboxylic acids is 2. The van der Waals surface area contributed by atoms with E-state index in [0.717, 1.165) is 16.3 Å². The lowest BCUT2D eigenvalue weighted by Gasteiger charge is -2.14. The molecule has 0 radical (unpaired) electrons. The van der Waals surface area contributed by atoms with Crippen molar-refractivity contribution in [3.8, 4) is 0 Å². The van der Waals surface area contributed by atoms with Gasteiger partial charge in [0, 0.05) is 29.6 Å². The fourth-order valence-electron chi connectivity index (χ4n) is 4.19. The predicted molar refractivity (Wildman–Crippen MR) is 129 cm³/mol. The van der Waals surface area contributed by atoms with Crippen LogP contribution in [0, 0.1) is 5.82 Å². The minimum atomic E-state index is -0.615. The highest BCUT2D eigenvalue weighted by molar-refractivity contribution is 5.99. The standard InChI is InChI=1S/C27H27FN2O4/c1-4-33-26(31)25-23(15-29-27(32)34-17(2)3)22-14-20(28)12-13-24(22)30(25)16-19-10-7-9-18-8-5-6-11-21(18)19/h5-14,17H,4,15-16H2,1-3H3,(H,29,32). The number of alkyl carbamates (subject to hydrolysis) is 1. The van der Waals surface area contributed by atoms with Gasteiger partial charge in [0.25, 0.3) is 0 Å². The summed E-state index contributed by atoms with van der Waals surface area (Å²) in [5.74, 6) is -0.968. The summed E-state index contributed by atoms with van der Waals surface area (Å²) in [6.45, 7) is 5.76. The first kappa shape index (κ1) is 23.3. The van der Waals surface area contributed by atoms with Crippen LogP contribution in [0.5, 0.6) is 0 Å². The Hall–Kier alpha value is -3.87. The van der Waals surface area contributed by atoms with Gasteiger partial charge in [-0.2, -0.15) is 0 Å². The van der Waals surface area contributed by atoms with Gasteiger partial charge in [-0.3, -0.25) is 0 Å². The molecule has 1 aromatic heterocycles. The van der Waals surface area contributed by atoms with Gasteiger partial charge in [-0.1, -0.05) is 42.5 Å². The van der Waals surface area contributed by atoms with Crippen molar-refractivity contribution >= 4 is 33.7 Å². The molecule has 34 heavy (non-hydrogen) atoms. The maximum Gasteiger partial charge on any atom is 0.407 e. The molecule has 1 amide bonds. The molecule has 0 aliphatic heterocycles. The van der Waals surface area contributed by atoms with E-state index in [2.05, 4.69) is 5.32 Å².